The maximum atomic E-state index is 12.2. The van der Waals surface area contributed by atoms with E-state index in [-0.39, 0.29) is 5.97 Å². The molecule has 0 bridgehead atoms. The molecule has 21 heavy (non-hydrogen) atoms. The van der Waals surface area contributed by atoms with Crippen LogP contribution in [0, 0.1) is 0 Å². The summed E-state index contributed by atoms with van der Waals surface area (Å²) in [7, 11) is 0. The van der Waals surface area contributed by atoms with Gasteiger partial charge in [-0.25, -0.2) is 0 Å². The molecular formula is C14H14BrN3O3. The Balaban J connectivity index is 1.94. The van der Waals surface area contributed by atoms with Crippen LogP contribution in [0.2, 0.25) is 0 Å². The minimum Gasteiger partial charge on any atom is -0.465 e. The third-order valence-electron chi connectivity index (χ3n) is 3.68. The first-order valence-corrected chi connectivity index (χ1v) is 7.59. The first-order chi connectivity index (χ1) is 10.2. The molecule has 0 N–H and O–H groups in total. The zero-order valence-electron chi connectivity index (χ0n) is 11.5. The minimum atomic E-state index is -0.775. The standard InChI is InChI=1S/C14H14BrN3O3/c1-2-20-13(19)14(6-4-7-14)12-17-11(18-21-12)10-9(15)5-3-8-16-10/h3,5,8H,2,4,6-7H2,1H3. The summed E-state index contributed by atoms with van der Waals surface area (Å²) in [5.74, 6) is 0.402. The van der Waals surface area contributed by atoms with Crippen molar-refractivity contribution in [3.8, 4) is 11.5 Å². The summed E-state index contributed by atoms with van der Waals surface area (Å²) in [6.07, 6.45) is 3.96. The van der Waals surface area contributed by atoms with Gasteiger partial charge in [0.1, 0.15) is 11.1 Å². The van der Waals surface area contributed by atoms with Crippen molar-refractivity contribution in [2.24, 2.45) is 0 Å². The van der Waals surface area contributed by atoms with Crippen molar-refractivity contribution in [2.75, 3.05) is 6.61 Å². The van der Waals surface area contributed by atoms with Crippen molar-refractivity contribution in [3.63, 3.8) is 0 Å². The van der Waals surface area contributed by atoms with Gasteiger partial charge in [-0.15, -0.1) is 0 Å². The number of hydrogen-bond donors (Lipinski definition) is 0. The van der Waals surface area contributed by atoms with Crippen LogP contribution in [-0.2, 0) is 14.9 Å². The van der Waals surface area contributed by atoms with E-state index in [4.69, 9.17) is 9.26 Å². The fourth-order valence-electron chi connectivity index (χ4n) is 2.37. The molecule has 1 aliphatic carbocycles. The molecule has 0 atom stereocenters. The highest BCUT2D eigenvalue weighted by molar-refractivity contribution is 9.10. The van der Waals surface area contributed by atoms with Gasteiger partial charge in [-0.05, 0) is 47.8 Å². The van der Waals surface area contributed by atoms with E-state index in [1.165, 1.54) is 0 Å². The summed E-state index contributed by atoms with van der Waals surface area (Å²) in [5, 5.41) is 3.95. The summed E-state index contributed by atoms with van der Waals surface area (Å²) in [6, 6.07) is 3.66. The maximum absolute atomic E-state index is 12.2. The van der Waals surface area contributed by atoms with Crippen LogP contribution in [0.5, 0.6) is 0 Å². The van der Waals surface area contributed by atoms with Crippen LogP contribution in [0.1, 0.15) is 32.1 Å². The molecule has 7 heteroatoms. The fourth-order valence-corrected chi connectivity index (χ4v) is 2.80. The number of carbonyl (C=O) groups excluding carboxylic acids is 1. The van der Waals surface area contributed by atoms with Crippen LogP contribution in [0.3, 0.4) is 0 Å². The van der Waals surface area contributed by atoms with Crippen molar-refractivity contribution >= 4 is 21.9 Å². The average molecular weight is 352 g/mol. The van der Waals surface area contributed by atoms with Crippen LogP contribution in [0.4, 0.5) is 0 Å². The lowest BCUT2D eigenvalue weighted by Crippen LogP contribution is -2.44. The lowest BCUT2D eigenvalue weighted by molar-refractivity contribution is -0.155. The van der Waals surface area contributed by atoms with Crippen LogP contribution < -0.4 is 0 Å². The fraction of sp³-hybridized carbons (Fsp3) is 0.429. The summed E-state index contributed by atoms with van der Waals surface area (Å²) in [4.78, 5) is 20.8. The Labute approximate surface area is 130 Å². The topological polar surface area (TPSA) is 78.1 Å². The number of esters is 1. The third-order valence-corrected chi connectivity index (χ3v) is 4.32. The second kappa shape index (κ2) is 5.55. The van der Waals surface area contributed by atoms with Crippen LogP contribution in [-0.4, -0.2) is 27.7 Å². The number of rotatable bonds is 4. The lowest BCUT2D eigenvalue weighted by Gasteiger charge is -2.35. The van der Waals surface area contributed by atoms with Gasteiger partial charge in [0.15, 0.2) is 0 Å². The second-order valence-electron chi connectivity index (χ2n) is 4.91. The molecular weight excluding hydrogens is 338 g/mol. The number of carbonyl (C=O) groups is 1. The van der Waals surface area contributed by atoms with Gasteiger partial charge in [-0.2, -0.15) is 4.98 Å². The average Bonchev–Trinajstić information content (AvgIpc) is 2.88. The normalized spacial score (nSPS) is 16.3. The number of aromatic nitrogens is 3. The van der Waals surface area contributed by atoms with E-state index in [2.05, 4.69) is 31.1 Å². The van der Waals surface area contributed by atoms with Crippen molar-refractivity contribution < 1.29 is 14.1 Å². The van der Waals surface area contributed by atoms with Crippen LogP contribution in [0.25, 0.3) is 11.5 Å². The molecule has 1 saturated carbocycles. The number of nitrogens with zero attached hydrogens (tertiary/aromatic N) is 3. The summed E-state index contributed by atoms with van der Waals surface area (Å²) >= 11 is 3.40. The van der Waals surface area contributed by atoms with Crippen molar-refractivity contribution in [1.82, 2.24) is 15.1 Å². The molecule has 110 valence electrons. The van der Waals surface area contributed by atoms with Gasteiger partial charge >= 0.3 is 5.97 Å². The highest BCUT2D eigenvalue weighted by atomic mass is 79.9. The van der Waals surface area contributed by atoms with Gasteiger partial charge in [0.25, 0.3) is 0 Å². The molecule has 0 saturated heterocycles. The molecule has 6 nitrogen and oxygen atoms in total. The molecule has 1 fully saturated rings. The highest BCUT2D eigenvalue weighted by Gasteiger charge is 2.52. The minimum absolute atomic E-state index is 0.286. The Morgan fingerprint density at radius 1 is 1.52 bits per heavy atom. The Hall–Kier alpha value is -1.76. The van der Waals surface area contributed by atoms with E-state index in [1.54, 1.807) is 19.2 Å². The molecule has 0 unspecified atom stereocenters. The molecule has 0 spiro atoms. The van der Waals surface area contributed by atoms with Gasteiger partial charge in [-0.3, -0.25) is 9.78 Å². The molecule has 3 rings (SSSR count). The highest BCUT2D eigenvalue weighted by Crippen LogP contribution is 2.44. The number of ether oxygens (including phenoxy) is 1. The molecule has 0 aromatic carbocycles. The Bertz CT molecular complexity index is 667. The van der Waals surface area contributed by atoms with Crippen molar-refractivity contribution in [2.45, 2.75) is 31.6 Å². The molecule has 0 radical (unpaired) electrons. The van der Waals surface area contributed by atoms with E-state index in [0.29, 0.717) is 36.9 Å². The van der Waals surface area contributed by atoms with Gasteiger partial charge in [0.2, 0.25) is 11.7 Å². The number of hydrogen-bond acceptors (Lipinski definition) is 6. The van der Waals surface area contributed by atoms with Crippen molar-refractivity contribution in [3.05, 3.63) is 28.7 Å². The van der Waals surface area contributed by atoms with Crippen LogP contribution in [0.15, 0.2) is 27.3 Å². The maximum Gasteiger partial charge on any atom is 0.321 e. The van der Waals surface area contributed by atoms with Gasteiger partial charge in [0, 0.05) is 10.7 Å². The van der Waals surface area contributed by atoms with Gasteiger partial charge < -0.3 is 9.26 Å². The summed E-state index contributed by atoms with van der Waals surface area (Å²) in [5.41, 5.74) is -0.187. The monoisotopic (exact) mass is 351 g/mol. The molecule has 2 heterocycles. The van der Waals surface area contributed by atoms with E-state index in [0.717, 1.165) is 10.9 Å². The third kappa shape index (κ3) is 2.35. The number of pyridine rings is 1. The molecule has 0 amide bonds. The first-order valence-electron chi connectivity index (χ1n) is 6.79. The molecule has 0 aliphatic heterocycles. The summed E-state index contributed by atoms with van der Waals surface area (Å²) < 4.78 is 11.3. The SMILES string of the molecule is CCOC(=O)C1(c2nc(-c3ncccc3Br)no2)CCC1. The zero-order chi connectivity index (χ0) is 14.9. The Kier molecular flexibility index (Phi) is 3.75. The van der Waals surface area contributed by atoms with E-state index < -0.39 is 5.41 Å². The molecule has 1 aliphatic rings. The Morgan fingerprint density at radius 3 is 2.95 bits per heavy atom. The van der Waals surface area contributed by atoms with E-state index in [1.807, 2.05) is 6.07 Å². The molecule has 2 aromatic heterocycles. The lowest BCUT2D eigenvalue weighted by atomic mass is 9.68. The van der Waals surface area contributed by atoms with Gasteiger partial charge in [-0.1, -0.05) is 11.6 Å². The smallest absolute Gasteiger partial charge is 0.321 e. The predicted molar refractivity (Wildman–Crippen MR) is 77.4 cm³/mol. The predicted octanol–water partition coefficient (Wildman–Crippen LogP) is 2.88. The molecule has 2 aromatic rings. The Morgan fingerprint density at radius 2 is 2.33 bits per heavy atom. The van der Waals surface area contributed by atoms with Gasteiger partial charge in [0.05, 0.1) is 6.61 Å². The van der Waals surface area contributed by atoms with Crippen LogP contribution >= 0.6 is 15.9 Å². The second-order valence-corrected chi connectivity index (χ2v) is 5.77. The van der Waals surface area contributed by atoms with E-state index in [9.17, 15) is 4.79 Å². The zero-order valence-corrected chi connectivity index (χ0v) is 13.1. The summed E-state index contributed by atoms with van der Waals surface area (Å²) in [6.45, 7) is 2.13. The van der Waals surface area contributed by atoms with Crippen molar-refractivity contribution in [1.29, 1.82) is 0 Å². The largest absolute Gasteiger partial charge is 0.465 e. The quantitative estimate of drug-likeness (QED) is 0.788. The van der Waals surface area contributed by atoms with E-state index >= 15 is 0 Å². The first kappa shape index (κ1) is 14.2. The number of halogens is 1.